The van der Waals surface area contributed by atoms with E-state index < -0.39 is 23.6 Å². The number of benzene rings is 1. The second kappa shape index (κ2) is 7.67. The van der Waals surface area contributed by atoms with E-state index in [1.54, 1.807) is 24.3 Å². The number of hydrogen-bond acceptors (Lipinski definition) is 5. The van der Waals surface area contributed by atoms with Crippen molar-refractivity contribution in [3.05, 3.63) is 34.3 Å². The van der Waals surface area contributed by atoms with Crippen LogP contribution in [0.1, 0.15) is 37.3 Å². The third kappa shape index (κ3) is 3.97. The lowest BCUT2D eigenvalue weighted by Gasteiger charge is -2.34. The topological polar surface area (TPSA) is 114 Å². The number of amides is 4. The number of carbonyl (C=O) groups is 4. The monoisotopic (exact) mass is 437 g/mol. The zero-order valence-corrected chi connectivity index (χ0v) is 16.3. The summed E-state index contributed by atoms with van der Waals surface area (Å²) < 4.78 is 5.68. The van der Waals surface area contributed by atoms with Crippen molar-refractivity contribution in [1.82, 2.24) is 16.0 Å². The highest BCUT2D eigenvalue weighted by atomic mass is 79.9. The minimum absolute atomic E-state index is 0.270. The van der Waals surface area contributed by atoms with Gasteiger partial charge in [0.05, 0.1) is 7.11 Å². The quantitative estimate of drug-likeness (QED) is 0.488. The summed E-state index contributed by atoms with van der Waals surface area (Å²) in [7, 11) is 1.27. The third-order valence-corrected chi connectivity index (χ3v) is 5.68. The van der Waals surface area contributed by atoms with Crippen LogP contribution in [0.25, 0.3) is 0 Å². The van der Waals surface area contributed by atoms with Crippen molar-refractivity contribution in [3.63, 3.8) is 0 Å². The Morgan fingerprint density at radius 1 is 1.22 bits per heavy atom. The first-order valence-electron chi connectivity index (χ1n) is 8.62. The fourth-order valence-electron chi connectivity index (χ4n) is 3.56. The van der Waals surface area contributed by atoms with Crippen molar-refractivity contribution in [1.29, 1.82) is 0 Å². The van der Waals surface area contributed by atoms with Crippen molar-refractivity contribution in [3.8, 4) is 0 Å². The molecule has 27 heavy (non-hydrogen) atoms. The molecule has 1 aromatic rings. The zero-order valence-electron chi connectivity index (χ0n) is 14.7. The number of ether oxygens (including phenoxy) is 1. The fraction of sp³-hybridized carbons (Fsp3) is 0.444. The Labute approximate surface area is 164 Å². The summed E-state index contributed by atoms with van der Waals surface area (Å²) in [6, 6.07) is 5.64. The lowest BCUT2D eigenvalue weighted by atomic mass is 9.76. The van der Waals surface area contributed by atoms with Gasteiger partial charge in [-0.1, -0.05) is 28.1 Å². The number of nitrogens with one attached hydrogen (secondary N) is 3. The van der Waals surface area contributed by atoms with Crippen LogP contribution in [0.15, 0.2) is 28.7 Å². The molecule has 3 rings (SSSR count). The molecule has 1 aromatic carbocycles. The van der Waals surface area contributed by atoms with Crippen molar-refractivity contribution in [2.24, 2.45) is 5.92 Å². The highest BCUT2D eigenvalue weighted by molar-refractivity contribution is 9.10. The minimum atomic E-state index is -0.915. The molecule has 8 nitrogen and oxygen atoms in total. The molecule has 1 spiro atoms. The lowest BCUT2D eigenvalue weighted by Crippen LogP contribution is -2.51. The van der Waals surface area contributed by atoms with Crippen LogP contribution in [-0.2, 0) is 19.1 Å². The van der Waals surface area contributed by atoms with Gasteiger partial charge in [-0.2, -0.15) is 0 Å². The molecular weight excluding hydrogens is 418 g/mol. The Morgan fingerprint density at radius 2 is 1.85 bits per heavy atom. The molecule has 0 radical (unpaired) electrons. The van der Waals surface area contributed by atoms with Gasteiger partial charge in [-0.3, -0.25) is 14.9 Å². The van der Waals surface area contributed by atoms with Gasteiger partial charge in [-0.25, -0.2) is 9.59 Å². The normalized spacial score (nSPS) is 25.5. The highest BCUT2D eigenvalue weighted by Crippen LogP contribution is 2.34. The van der Waals surface area contributed by atoms with Gasteiger partial charge in [0, 0.05) is 10.4 Å². The highest BCUT2D eigenvalue weighted by Gasteiger charge is 2.49. The molecule has 0 aromatic heterocycles. The predicted octanol–water partition coefficient (Wildman–Crippen LogP) is 1.55. The molecule has 3 N–H and O–H groups in total. The molecular formula is C18H20BrN3O5. The van der Waals surface area contributed by atoms with Gasteiger partial charge in [0.1, 0.15) is 5.54 Å². The molecule has 1 saturated heterocycles. The summed E-state index contributed by atoms with van der Waals surface area (Å²) in [4.78, 5) is 48.2. The Morgan fingerprint density at radius 3 is 2.37 bits per heavy atom. The van der Waals surface area contributed by atoms with Crippen molar-refractivity contribution in [2.75, 3.05) is 7.11 Å². The maximum absolute atomic E-state index is 12.7. The van der Waals surface area contributed by atoms with Gasteiger partial charge >= 0.3 is 12.0 Å². The maximum Gasteiger partial charge on any atom is 0.333 e. The molecule has 9 heteroatoms. The Kier molecular flexibility index (Phi) is 5.50. The van der Waals surface area contributed by atoms with Gasteiger partial charge in [-0.05, 0) is 43.4 Å². The summed E-state index contributed by atoms with van der Waals surface area (Å²) in [5, 5.41) is 7.67. The smallest absolute Gasteiger partial charge is 0.333 e. The predicted molar refractivity (Wildman–Crippen MR) is 98.4 cm³/mol. The van der Waals surface area contributed by atoms with Gasteiger partial charge in [0.2, 0.25) is 5.91 Å². The molecule has 1 atom stereocenters. The number of halogens is 1. The van der Waals surface area contributed by atoms with Crippen molar-refractivity contribution in [2.45, 2.75) is 37.3 Å². The first kappa shape index (κ1) is 19.3. The first-order chi connectivity index (χ1) is 12.8. The summed E-state index contributed by atoms with van der Waals surface area (Å²) >= 11 is 3.33. The van der Waals surface area contributed by atoms with E-state index in [1.165, 1.54) is 7.11 Å². The second-order valence-corrected chi connectivity index (χ2v) is 7.70. The van der Waals surface area contributed by atoms with E-state index in [1.807, 2.05) is 0 Å². The molecule has 2 fully saturated rings. The van der Waals surface area contributed by atoms with E-state index in [9.17, 15) is 19.2 Å². The third-order valence-electron chi connectivity index (χ3n) is 5.15. The number of esters is 1. The average molecular weight is 438 g/mol. The summed E-state index contributed by atoms with van der Waals surface area (Å²) in [5.74, 6) is -1.51. The van der Waals surface area contributed by atoms with Crippen LogP contribution in [0.5, 0.6) is 0 Å². The number of hydrogen-bond donors (Lipinski definition) is 3. The van der Waals surface area contributed by atoms with E-state index in [2.05, 4.69) is 31.9 Å². The van der Waals surface area contributed by atoms with E-state index in [0.717, 1.165) is 4.47 Å². The minimum Gasteiger partial charge on any atom is -0.467 e. The van der Waals surface area contributed by atoms with E-state index in [4.69, 9.17) is 4.74 Å². The molecule has 1 aliphatic heterocycles. The molecule has 1 saturated carbocycles. The number of carbonyl (C=O) groups excluding carboxylic acids is 4. The van der Waals surface area contributed by atoms with Crippen LogP contribution < -0.4 is 16.0 Å². The first-order valence-corrected chi connectivity index (χ1v) is 9.41. The number of imide groups is 1. The van der Waals surface area contributed by atoms with Crippen LogP contribution in [0, 0.1) is 5.92 Å². The Balaban J connectivity index is 1.66. The summed E-state index contributed by atoms with van der Waals surface area (Å²) in [6.45, 7) is 0. The van der Waals surface area contributed by atoms with Crippen molar-refractivity contribution >= 4 is 39.7 Å². The van der Waals surface area contributed by atoms with Gasteiger partial charge in [0.15, 0.2) is 6.04 Å². The van der Waals surface area contributed by atoms with E-state index in [-0.39, 0.29) is 17.7 Å². The van der Waals surface area contributed by atoms with E-state index >= 15 is 0 Å². The second-order valence-electron chi connectivity index (χ2n) is 6.78. The van der Waals surface area contributed by atoms with E-state index in [0.29, 0.717) is 31.2 Å². The fourth-order valence-corrected chi connectivity index (χ4v) is 3.83. The maximum atomic E-state index is 12.7. The van der Waals surface area contributed by atoms with Gasteiger partial charge < -0.3 is 15.4 Å². The molecule has 1 unspecified atom stereocenters. The molecule has 144 valence electrons. The largest absolute Gasteiger partial charge is 0.467 e. The van der Waals surface area contributed by atoms with Crippen LogP contribution >= 0.6 is 15.9 Å². The Bertz CT molecular complexity index is 772. The molecule has 2 aliphatic rings. The molecule has 4 amide bonds. The van der Waals surface area contributed by atoms with Crippen molar-refractivity contribution < 1.29 is 23.9 Å². The number of rotatable bonds is 4. The summed E-state index contributed by atoms with van der Waals surface area (Å²) in [6.07, 6.45) is 1.63. The number of methoxy groups -OCH3 is 1. The van der Waals surface area contributed by atoms with Crippen LogP contribution in [-0.4, -0.2) is 36.5 Å². The Hall–Kier alpha value is -2.42. The molecule has 1 aliphatic carbocycles. The van der Waals surface area contributed by atoms with Crippen LogP contribution in [0.2, 0.25) is 0 Å². The zero-order chi connectivity index (χ0) is 19.6. The SMILES string of the molecule is COC(=O)C(NC(=O)C1CCC2(CC1)NC(=O)NC2=O)c1ccc(Br)cc1. The molecule has 1 heterocycles. The van der Waals surface area contributed by atoms with Crippen LogP contribution in [0.4, 0.5) is 4.79 Å². The standard InChI is InChI=1S/C18H20BrN3O5/c1-27-15(24)13(10-2-4-12(19)5-3-10)20-14(23)11-6-8-18(9-7-11)16(25)21-17(26)22-18/h2-5,11,13H,6-9H2,1H3,(H,20,23)(H2,21,22,25,26). The lowest BCUT2D eigenvalue weighted by molar-refractivity contribution is -0.146. The van der Waals surface area contributed by atoms with Crippen LogP contribution in [0.3, 0.4) is 0 Å². The van der Waals surface area contributed by atoms with Gasteiger partial charge in [0.25, 0.3) is 5.91 Å². The molecule has 0 bridgehead atoms. The average Bonchev–Trinajstić information content (AvgIpc) is 2.93. The summed E-state index contributed by atoms with van der Waals surface area (Å²) in [5.41, 5.74) is -0.297. The van der Waals surface area contributed by atoms with Gasteiger partial charge in [-0.15, -0.1) is 0 Å². The number of urea groups is 1.